The standard InChI is InChI=1S/C25H21F6N5OS/c26-24(27,28)16-5-3-14(19(10-16)25(29,30)31)9-18(13-4-6-20-15(8-13)11-33-35-20)21-22(37)34-23(38-21)36-7-1-2-17(32)12-36/h3-6,8,10-11,17H,1-2,7,9,12,32H2,(H,33,35)/t17-/m0/s1. The van der Waals surface area contributed by atoms with Gasteiger partial charge in [0.2, 0.25) is 0 Å². The minimum absolute atomic E-state index is 0.0976. The third kappa shape index (κ3) is 5.30. The lowest BCUT2D eigenvalue weighted by atomic mass is 9.92. The normalized spacial score (nSPS) is 20.3. The fourth-order valence-electron chi connectivity index (χ4n) is 4.61. The van der Waals surface area contributed by atoms with Crippen LogP contribution in [0.15, 0.2) is 52.5 Å². The molecule has 38 heavy (non-hydrogen) atoms. The summed E-state index contributed by atoms with van der Waals surface area (Å²) < 4.78 is 81.4. The lowest BCUT2D eigenvalue weighted by Gasteiger charge is -2.31. The number of rotatable bonds is 3. The van der Waals surface area contributed by atoms with E-state index in [0.29, 0.717) is 40.8 Å². The van der Waals surface area contributed by atoms with Crippen molar-refractivity contribution in [3.8, 4) is 0 Å². The number of halogens is 6. The zero-order chi connectivity index (χ0) is 27.2. The number of carbonyl (C=O) groups is 1. The van der Waals surface area contributed by atoms with E-state index in [0.717, 1.165) is 30.7 Å². The molecule has 200 valence electrons. The van der Waals surface area contributed by atoms with Crippen LogP contribution in [0.5, 0.6) is 0 Å². The first-order valence-corrected chi connectivity index (χ1v) is 12.5. The predicted octanol–water partition coefficient (Wildman–Crippen LogP) is 5.61. The van der Waals surface area contributed by atoms with Crippen molar-refractivity contribution in [3.63, 3.8) is 0 Å². The Labute approximate surface area is 217 Å². The van der Waals surface area contributed by atoms with Crippen LogP contribution in [0.2, 0.25) is 0 Å². The molecule has 1 amide bonds. The van der Waals surface area contributed by atoms with Crippen molar-refractivity contribution < 1.29 is 31.1 Å². The second-order valence-corrected chi connectivity index (χ2v) is 10.2. The molecule has 0 unspecified atom stereocenters. The van der Waals surface area contributed by atoms with E-state index in [1.54, 1.807) is 18.2 Å². The van der Waals surface area contributed by atoms with Gasteiger partial charge in [0.05, 0.1) is 27.7 Å². The molecule has 3 N–H and O–H groups in total. The highest BCUT2D eigenvalue weighted by Gasteiger charge is 2.39. The van der Waals surface area contributed by atoms with Crippen molar-refractivity contribution in [2.24, 2.45) is 10.7 Å². The molecule has 1 fully saturated rings. The molecule has 6 nitrogen and oxygen atoms in total. The van der Waals surface area contributed by atoms with E-state index in [1.807, 2.05) is 4.90 Å². The average molecular weight is 554 g/mol. The second-order valence-electron chi connectivity index (χ2n) is 9.17. The SMILES string of the molecule is N[C@H]1CCCN(C2=NC(=O)C(=C(Cc3ccc(C(F)(F)F)cc3C(F)(F)F)c3ccc4[nH]ncc4c3)S2)C1. The van der Waals surface area contributed by atoms with Crippen molar-refractivity contribution in [1.82, 2.24) is 15.1 Å². The highest BCUT2D eigenvalue weighted by molar-refractivity contribution is 8.18. The summed E-state index contributed by atoms with van der Waals surface area (Å²) in [6.45, 7) is 1.12. The highest BCUT2D eigenvalue weighted by atomic mass is 32.2. The van der Waals surface area contributed by atoms with E-state index in [1.165, 1.54) is 6.20 Å². The highest BCUT2D eigenvalue weighted by Crippen LogP contribution is 2.42. The molecule has 0 spiro atoms. The number of nitrogens with zero attached hydrogens (tertiary/aromatic N) is 3. The molecule has 2 aromatic carbocycles. The number of hydrogen-bond donors (Lipinski definition) is 2. The molecule has 0 bridgehead atoms. The van der Waals surface area contributed by atoms with Gasteiger partial charge in [0.25, 0.3) is 5.91 Å². The van der Waals surface area contributed by atoms with Gasteiger partial charge < -0.3 is 10.6 Å². The van der Waals surface area contributed by atoms with Crippen molar-refractivity contribution in [2.75, 3.05) is 13.1 Å². The Hall–Kier alpha value is -3.32. The molecule has 3 heterocycles. The van der Waals surface area contributed by atoms with E-state index < -0.39 is 35.8 Å². The van der Waals surface area contributed by atoms with Gasteiger partial charge in [0.15, 0.2) is 5.17 Å². The number of nitrogens with two attached hydrogens (primary N) is 1. The summed E-state index contributed by atoms with van der Waals surface area (Å²) in [5.41, 5.74) is 4.21. The number of amidine groups is 1. The number of carbonyl (C=O) groups excluding carboxylic acids is 1. The number of amides is 1. The van der Waals surface area contributed by atoms with Crippen LogP contribution >= 0.6 is 11.8 Å². The molecule has 5 rings (SSSR count). The fraction of sp³-hybridized carbons (Fsp3) is 0.320. The maximum atomic E-state index is 13.9. The van der Waals surface area contributed by atoms with Crippen molar-refractivity contribution in [3.05, 3.63) is 69.8 Å². The van der Waals surface area contributed by atoms with Gasteiger partial charge in [-0.25, -0.2) is 0 Å². The van der Waals surface area contributed by atoms with Gasteiger partial charge in [-0.05, 0) is 72.0 Å². The molecule has 1 saturated heterocycles. The van der Waals surface area contributed by atoms with Crippen LogP contribution in [0, 0.1) is 0 Å². The average Bonchev–Trinajstić information content (AvgIpc) is 3.47. The van der Waals surface area contributed by atoms with E-state index >= 15 is 0 Å². The van der Waals surface area contributed by atoms with E-state index in [2.05, 4.69) is 15.2 Å². The number of likely N-dealkylation sites (tertiary alicyclic amines) is 1. The van der Waals surface area contributed by atoms with Crippen molar-refractivity contribution >= 4 is 39.3 Å². The lowest BCUT2D eigenvalue weighted by molar-refractivity contribution is -0.143. The number of aliphatic imine (C=N–C) groups is 1. The smallest absolute Gasteiger partial charge is 0.349 e. The van der Waals surface area contributed by atoms with Gasteiger partial charge in [-0.15, -0.1) is 0 Å². The molecular weight excluding hydrogens is 532 g/mol. The largest absolute Gasteiger partial charge is 0.416 e. The molecule has 3 aromatic rings. The topological polar surface area (TPSA) is 87.4 Å². The zero-order valence-corrected chi connectivity index (χ0v) is 20.5. The van der Waals surface area contributed by atoms with Crippen LogP contribution in [-0.4, -0.2) is 45.3 Å². The third-order valence-electron chi connectivity index (χ3n) is 6.49. The summed E-state index contributed by atoms with van der Waals surface area (Å²) in [5, 5.41) is 7.79. The fourth-order valence-corrected chi connectivity index (χ4v) is 5.66. The number of fused-ring (bicyclic) bond motifs is 1. The Morgan fingerprint density at radius 3 is 2.61 bits per heavy atom. The van der Waals surface area contributed by atoms with E-state index in [-0.39, 0.29) is 28.1 Å². The Bertz CT molecular complexity index is 1460. The molecule has 2 aliphatic rings. The number of benzene rings is 2. The molecule has 0 saturated carbocycles. The summed E-state index contributed by atoms with van der Waals surface area (Å²) in [7, 11) is 0. The van der Waals surface area contributed by atoms with Gasteiger partial charge in [0, 0.05) is 24.5 Å². The molecule has 0 radical (unpaired) electrons. The van der Waals surface area contributed by atoms with Gasteiger partial charge in [-0.3, -0.25) is 9.89 Å². The minimum atomic E-state index is -5.04. The monoisotopic (exact) mass is 553 g/mol. The van der Waals surface area contributed by atoms with E-state index in [4.69, 9.17) is 5.73 Å². The van der Waals surface area contributed by atoms with E-state index in [9.17, 15) is 31.1 Å². The first-order chi connectivity index (χ1) is 17.9. The minimum Gasteiger partial charge on any atom is -0.349 e. The maximum Gasteiger partial charge on any atom is 0.416 e. The molecule has 13 heteroatoms. The van der Waals surface area contributed by atoms with Crippen molar-refractivity contribution in [2.45, 2.75) is 37.7 Å². The number of aromatic amines is 1. The number of hydrogen-bond acceptors (Lipinski definition) is 5. The van der Waals surface area contributed by atoms with Crippen molar-refractivity contribution in [1.29, 1.82) is 0 Å². The Balaban J connectivity index is 1.60. The summed E-state index contributed by atoms with van der Waals surface area (Å²) in [6.07, 6.45) is -7.26. The molecular formula is C25H21F6N5OS. The van der Waals surface area contributed by atoms with Gasteiger partial charge in [0.1, 0.15) is 0 Å². The Morgan fingerprint density at radius 1 is 1.11 bits per heavy atom. The number of alkyl halides is 6. The second kappa shape index (κ2) is 9.77. The number of allylic oxidation sites excluding steroid dienone is 1. The van der Waals surface area contributed by atoms with Crippen LogP contribution in [0.3, 0.4) is 0 Å². The first-order valence-electron chi connectivity index (χ1n) is 11.7. The van der Waals surface area contributed by atoms with Crippen LogP contribution < -0.4 is 5.73 Å². The Kier molecular flexibility index (Phi) is 6.76. The number of aromatic nitrogens is 2. The van der Waals surface area contributed by atoms with Crippen LogP contribution in [0.25, 0.3) is 16.5 Å². The number of nitrogens with one attached hydrogen (secondary N) is 1. The zero-order valence-electron chi connectivity index (χ0n) is 19.7. The summed E-state index contributed by atoms with van der Waals surface area (Å²) in [6, 6.07) is 6.41. The van der Waals surface area contributed by atoms with Crippen LogP contribution in [0.4, 0.5) is 26.3 Å². The number of piperidine rings is 1. The number of H-pyrrole nitrogens is 1. The quantitative estimate of drug-likeness (QED) is 0.326. The third-order valence-corrected chi connectivity index (χ3v) is 7.64. The predicted molar refractivity (Wildman–Crippen MR) is 132 cm³/mol. The maximum absolute atomic E-state index is 13.9. The molecule has 1 atom stereocenters. The van der Waals surface area contributed by atoms with Crippen LogP contribution in [-0.2, 0) is 23.6 Å². The number of thioether (sulfide) groups is 1. The first kappa shape index (κ1) is 26.3. The summed E-state index contributed by atoms with van der Waals surface area (Å²) in [4.78, 5) is 19.2. The van der Waals surface area contributed by atoms with Gasteiger partial charge in [-0.1, -0.05) is 12.1 Å². The molecule has 1 aromatic heterocycles. The van der Waals surface area contributed by atoms with Gasteiger partial charge in [-0.2, -0.15) is 36.4 Å². The molecule has 2 aliphatic heterocycles. The van der Waals surface area contributed by atoms with Crippen LogP contribution in [0.1, 0.15) is 35.1 Å². The van der Waals surface area contributed by atoms with Gasteiger partial charge >= 0.3 is 12.4 Å². The Morgan fingerprint density at radius 2 is 1.89 bits per heavy atom. The lowest BCUT2D eigenvalue weighted by Crippen LogP contribution is -2.44. The summed E-state index contributed by atoms with van der Waals surface area (Å²) >= 11 is 1.04. The summed E-state index contributed by atoms with van der Waals surface area (Å²) in [5.74, 6) is -0.619. The molecule has 0 aliphatic carbocycles.